The molecule has 2 rings (SSSR count). The molecular weight excluding hydrogens is 434 g/mol. The Balaban J connectivity index is 0.00000364. The van der Waals surface area contributed by atoms with E-state index in [1.54, 1.807) is 0 Å². The van der Waals surface area contributed by atoms with Gasteiger partial charge in [-0.15, -0.1) is 5.10 Å². The van der Waals surface area contributed by atoms with Crippen molar-refractivity contribution in [1.82, 2.24) is 10.5 Å². The lowest BCUT2D eigenvalue weighted by molar-refractivity contribution is 0.397. The summed E-state index contributed by atoms with van der Waals surface area (Å²) >= 11 is 1.85. The molecule has 2 aromatic rings. The van der Waals surface area contributed by atoms with E-state index < -0.39 is 10.0 Å². The molecule has 11 N–H and O–H groups in total. The molecule has 1 aromatic carbocycles. The first kappa shape index (κ1) is 23.2. The van der Waals surface area contributed by atoms with Gasteiger partial charge < -0.3 is 11.5 Å². The van der Waals surface area contributed by atoms with E-state index in [9.17, 15) is 8.42 Å². The highest BCUT2D eigenvalue weighted by Crippen LogP contribution is 2.40. The van der Waals surface area contributed by atoms with Gasteiger partial charge in [0.25, 0.3) is 0 Å². The number of nitrogens with one attached hydrogen (secondary N) is 1. The molecule has 1 heterocycles. The number of aromatic nitrogens is 1. The lowest BCUT2D eigenvalue weighted by atomic mass is 10.0. The smallest absolute Gasteiger partial charge is 0.240 e. The van der Waals surface area contributed by atoms with E-state index >= 15 is 0 Å². The van der Waals surface area contributed by atoms with Crippen LogP contribution in [0.25, 0.3) is 10.4 Å². The summed E-state index contributed by atoms with van der Waals surface area (Å²) in [7, 11) is -2.60. The van der Waals surface area contributed by atoms with E-state index in [2.05, 4.69) is 19.9 Å². The third-order valence-corrected chi connectivity index (χ3v) is 5.44. The molecule has 0 atom stereocenters. The number of anilines is 2. The van der Waals surface area contributed by atoms with Crippen molar-refractivity contribution in [1.29, 1.82) is 0 Å². The molecular formula is C11H19N9O3S4. The number of hydrogen-bond acceptors (Lipinski definition) is 12. The highest BCUT2D eigenvalue weighted by molar-refractivity contribution is 7.96. The molecule has 0 aliphatic heterocycles. The first-order valence-electron chi connectivity index (χ1n) is 6.68. The lowest BCUT2D eigenvalue weighted by Crippen LogP contribution is -2.27. The zero-order valence-corrected chi connectivity index (χ0v) is 17.4. The summed E-state index contributed by atoms with van der Waals surface area (Å²) in [5, 5.41) is 9.41. The summed E-state index contributed by atoms with van der Waals surface area (Å²) in [5.74, 6) is 10.2. The van der Waals surface area contributed by atoms with E-state index in [1.807, 2.05) is 0 Å². The van der Waals surface area contributed by atoms with Crippen molar-refractivity contribution in [2.24, 2.45) is 27.7 Å². The first-order valence-corrected chi connectivity index (χ1v) is 9.74. The van der Waals surface area contributed by atoms with E-state index in [4.69, 9.17) is 28.3 Å². The normalized spacial score (nSPS) is 11.8. The molecule has 1 aromatic heterocycles. The number of rotatable bonds is 7. The topological polar surface area (TPSA) is 214 Å². The van der Waals surface area contributed by atoms with E-state index in [0.29, 0.717) is 27.8 Å². The zero-order valence-electron chi connectivity index (χ0n) is 13.9. The fraction of sp³-hybridized carbons (Fsp3) is 0.0909. The Morgan fingerprint density at radius 2 is 2.11 bits per heavy atom. The molecule has 0 fully saturated rings. The molecule has 0 spiro atoms. The fourth-order valence-corrected chi connectivity index (χ4v) is 4.15. The minimum atomic E-state index is -4.11. The van der Waals surface area contributed by atoms with Gasteiger partial charge in [-0.1, -0.05) is 17.4 Å². The second-order valence-electron chi connectivity index (χ2n) is 4.74. The number of nitrogen functional groups attached to an aromatic ring is 1. The number of hydrazone groups is 1. The van der Waals surface area contributed by atoms with Crippen LogP contribution in [0.5, 0.6) is 0 Å². The van der Waals surface area contributed by atoms with Crippen LogP contribution in [0, 0.1) is 0 Å². The quantitative estimate of drug-likeness (QED) is 0.0756. The zero-order chi connectivity index (χ0) is 19.5. The number of thiazole rings is 1. The lowest BCUT2D eigenvalue weighted by Gasteiger charge is -2.23. The second-order valence-corrected chi connectivity index (χ2v) is 8.22. The van der Waals surface area contributed by atoms with E-state index in [0.717, 1.165) is 0 Å². The van der Waals surface area contributed by atoms with E-state index in [-0.39, 0.29) is 35.5 Å². The van der Waals surface area contributed by atoms with Gasteiger partial charge in [0.15, 0.2) is 11.0 Å². The van der Waals surface area contributed by atoms with E-state index in [1.165, 1.54) is 41.0 Å². The third kappa shape index (κ3) is 5.14. The number of nitrogens with two attached hydrogens (primary N) is 5. The Hall–Kier alpha value is -1.79. The maximum absolute atomic E-state index is 12.1. The maximum Gasteiger partial charge on any atom is 0.240 e. The Labute approximate surface area is 170 Å². The Morgan fingerprint density at radius 3 is 2.59 bits per heavy atom. The van der Waals surface area contributed by atoms with Crippen LogP contribution < -0.4 is 38.2 Å². The molecule has 0 bridgehead atoms. The van der Waals surface area contributed by atoms with Crippen LogP contribution in [0.4, 0.5) is 10.8 Å². The molecule has 0 aliphatic rings. The second kappa shape index (κ2) is 9.42. The van der Waals surface area contributed by atoms with Crippen molar-refractivity contribution in [2.75, 3.05) is 17.1 Å². The molecule has 27 heavy (non-hydrogen) atoms. The van der Waals surface area contributed by atoms with Crippen molar-refractivity contribution in [3.8, 4) is 10.4 Å². The van der Waals surface area contributed by atoms with Gasteiger partial charge in [-0.05, 0) is 6.07 Å². The molecule has 12 nitrogen and oxygen atoms in total. The maximum atomic E-state index is 12.1. The van der Waals surface area contributed by atoms with Gasteiger partial charge in [0.1, 0.15) is 17.1 Å². The standard InChI is InChI=1S/C11H17N9O3S3.H2S/c1-20(25-23-15)9-7(26(16,21)22)3-2-5(6-4-17-11(13)24-6)8(9)10(12)18-19-14;/h2-4,19H,14-15H2,1H3,(H2,12,18)(H2,13,17)(H2,16,21,22);1H2. The number of hydrogen-bond donors (Lipinski definition) is 6. The van der Waals surface area contributed by atoms with Crippen molar-refractivity contribution in [3.05, 3.63) is 23.9 Å². The molecule has 150 valence electrons. The van der Waals surface area contributed by atoms with Gasteiger partial charge in [-0.3, -0.25) is 4.31 Å². The average molecular weight is 454 g/mol. The monoisotopic (exact) mass is 453 g/mol. The largest absolute Gasteiger partial charge is 0.382 e. The number of benzene rings is 1. The molecule has 16 heteroatoms. The summed E-state index contributed by atoms with van der Waals surface area (Å²) < 4.78 is 30.0. The van der Waals surface area contributed by atoms with Crippen LogP contribution in [-0.4, -0.2) is 26.3 Å². The van der Waals surface area contributed by atoms with Crippen LogP contribution in [-0.2, 0) is 14.3 Å². The molecule has 0 unspecified atom stereocenters. The highest BCUT2D eigenvalue weighted by Gasteiger charge is 2.27. The van der Waals surface area contributed by atoms with Gasteiger partial charge in [0, 0.05) is 18.8 Å². The van der Waals surface area contributed by atoms with Crippen molar-refractivity contribution in [3.63, 3.8) is 0 Å². The van der Waals surface area contributed by atoms with Gasteiger partial charge in [-0.25, -0.2) is 40.1 Å². The Kier molecular flexibility index (Phi) is 8.11. The predicted molar refractivity (Wildman–Crippen MR) is 113 cm³/mol. The summed E-state index contributed by atoms with van der Waals surface area (Å²) in [4.78, 5) is 4.41. The SMILES string of the molecule is CN(SON)c1c(S(N)(=O)=O)ccc(-c2cnc(N)s2)c1/C(N)=N/NN.S. The predicted octanol–water partition coefficient (Wildman–Crippen LogP) is -0.874. The number of hydrazine groups is 1. The van der Waals surface area contributed by atoms with Gasteiger partial charge in [0.2, 0.25) is 10.0 Å². The summed E-state index contributed by atoms with van der Waals surface area (Å²) in [6.07, 6.45) is 1.52. The highest BCUT2D eigenvalue weighted by atomic mass is 32.2. The number of primary sulfonamides is 1. The first-order chi connectivity index (χ1) is 12.2. The van der Waals surface area contributed by atoms with Crippen LogP contribution in [0.1, 0.15) is 5.56 Å². The molecule has 0 saturated heterocycles. The van der Waals surface area contributed by atoms with Crippen molar-refractivity contribution >= 4 is 63.7 Å². The minimum absolute atomic E-state index is 0. The number of sulfonamides is 1. The number of amidine groups is 1. The minimum Gasteiger partial charge on any atom is -0.382 e. The van der Waals surface area contributed by atoms with Gasteiger partial charge in [-0.2, -0.15) is 13.5 Å². The molecule has 0 aliphatic carbocycles. The van der Waals surface area contributed by atoms with Crippen molar-refractivity contribution < 1.29 is 12.7 Å². The number of nitrogens with zero attached hydrogens (tertiary/aromatic N) is 3. The third-order valence-electron chi connectivity index (χ3n) is 3.15. The molecule has 0 saturated carbocycles. The summed E-state index contributed by atoms with van der Waals surface area (Å²) in [5.41, 5.74) is 14.6. The Bertz CT molecular complexity index is 931. The van der Waals surface area contributed by atoms with Crippen LogP contribution in [0.3, 0.4) is 0 Å². The Morgan fingerprint density at radius 1 is 1.44 bits per heavy atom. The fourth-order valence-electron chi connectivity index (χ4n) is 2.22. The molecule has 0 amide bonds. The average Bonchev–Trinajstić information content (AvgIpc) is 2.99. The van der Waals surface area contributed by atoms with Gasteiger partial charge in [0.05, 0.1) is 16.1 Å². The summed E-state index contributed by atoms with van der Waals surface area (Å²) in [6.45, 7) is 0. The van der Waals surface area contributed by atoms with Crippen LogP contribution in [0.15, 0.2) is 28.3 Å². The van der Waals surface area contributed by atoms with Crippen molar-refractivity contribution in [2.45, 2.75) is 4.90 Å². The summed E-state index contributed by atoms with van der Waals surface area (Å²) in [6, 6.07) is 2.85. The van der Waals surface area contributed by atoms with Gasteiger partial charge >= 0.3 is 0 Å². The van der Waals surface area contributed by atoms with Crippen LogP contribution >= 0.6 is 37.1 Å². The van der Waals surface area contributed by atoms with Crippen LogP contribution in [0.2, 0.25) is 0 Å². The molecule has 0 radical (unpaired) electrons.